The van der Waals surface area contributed by atoms with Crippen LogP contribution in [0, 0.1) is 18.3 Å². The fourth-order valence-electron chi connectivity index (χ4n) is 4.54. The van der Waals surface area contributed by atoms with E-state index in [1.54, 1.807) is 0 Å². The van der Waals surface area contributed by atoms with Gasteiger partial charge in [-0.3, -0.25) is 4.79 Å². The van der Waals surface area contributed by atoms with Gasteiger partial charge in [-0.25, -0.2) is 0 Å². The number of rotatable bonds is 8. The molecule has 6 heteroatoms. The third kappa shape index (κ3) is 6.35. The molecule has 0 aromatic heterocycles. The van der Waals surface area contributed by atoms with Crippen molar-refractivity contribution in [1.29, 1.82) is 0 Å². The van der Waals surface area contributed by atoms with Crippen molar-refractivity contribution in [3.63, 3.8) is 0 Å². The Kier molecular flexibility index (Phi) is 8.44. The summed E-state index contributed by atoms with van der Waals surface area (Å²) in [6.45, 7) is 12.9. The van der Waals surface area contributed by atoms with Crippen molar-refractivity contribution in [3.8, 4) is 5.75 Å². The van der Waals surface area contributed by atoms with Crippen LogP contribution in [-0.4, -0.2) is 68.3 Å². The highest BCUT2D eigenvalue weighted by Crippen LogP contribution is 2.36. The quantitative estimate of drug-likeness (QED) is 0.605. The molecule has 168 valence electrons. The van der Waals surface area contributed by atoms with Crippen molar-refractivity contribution >= 4 is 17.5 Å². The largest absolute Gasteiger partial charge is 0.493 e. The number of hydrogen-bond acceptors (Lipinski definition) is 4. The molecule has 2 atom stereocenters. The molecule has 0 bridgehead atoms. The van der Waals surface area contributed by atoms with Gasteiger partial charge in [-0.05, 0) is 56.0 Å². The van der Waals surface area contributed by atoms with E-state index in [9.17, 15) is 4.79 Å². The molecule has 2 aliphatic rings. The molecule has 0 aliphatic carbocycles. The second kappa shape index (κ2) is 10.8. The van der Waals surface area contributed by atoms with Crippen LogP contribution in [0.25, 0.3) is 0 Å². The summed E-state index contributed by atoms with van der Waals surface area (Å²) in [4.78, 5) is 17.7. The standard InChI is InChI=1S/C24H37ClN2O3/c1-4-19(2)16-26-9-5-8-24(17-26,15-23(28)27-10-12-29-13-11-27)18-30-21-6-7-22(25)20(3)14-21/h6-7,14,19H,4-5,8-13,15-18H2,1-3H3/t19-,24+/m0/s1. The van der Waals surface area contributed by atoms with E-state index in [0.717, 1.165) is 48.8 Å². The number of carbonyl (C=O) groups excluding carboxylic acids is 1. The lowest BCUT2D eigenvalue weighted by Gasteiger charge is -2.44. The second-order valence-electron chi connectivity index (χ2n) is 9.22. The van der Waals surface area contributed by atoms with Crippen LogP contribution in [0.15, 0.2) is 18.2 Å². The first kappa shape index (κ1) is 23.4. The van der Waals surface area contributed by atoms with E-state index in [2.05, 4.69) is 18.7 Å². The van der Waals surface area contributed by atoms with Gasteiger partial charge >= 0.3 is 0 Å². The Bertz CT molecular complexity index is 708. The van der Waals surface area contributed by atoms with Gasteiger partial charge in [-0.15, -0.1) is 0 Å². The molecule has 2 fully saturated rings. The van der Waals surface area contributed by atoms with Gasteiger partial charge < -0.3 is 19.3 Å². The number of carbonyl (C=O) groups is 1. The molecule has 5 nitrogen and oxygen atoms in total. The lowest BCUT2D eigenvalue weighted by molar-refractivity contribution is -0.139. The molecule has 3 rings (SSSR count). The van der Waals surface area contributed by atoms with Gasteiger partial charge in [-0.1, -0.05) is 31.9 Å². The Morgan fingerprint density at radius 2 is 2.07 bits per heavy atom. The molecule has 1 aromatic rings. The monoisotopic (exact) mass is 436 g/mol. The first-order valence-electron chi connectivity index (χ1n) is 11.4. The maximum atomic E-state index is 13.1. The summed E-state index contributed by atoms with van der Waals surface area (Å²) in [7, 11) is 0. The minimum atomic E-state index is -0.158. The molecule has 0 saturated carbocycles. The first-order valence-corrected chi connectivity index (χ1v) is 11.8. The van der Waals surface area contributed by atoms with Crippen molar-refractivity contribution < 1.29 is 14.3 Å². The summed E-state index contributed by atoms with van der Waals surface area (Å²) in [6.07, 6.45) is 3.84. The van der Waals surface area contributed by atoms with Crippen molar-refractivity contribution in [2.24, 2.45) is 11.3 Å². The van der Waals surface area contributed by atoms with Crippen LogP contribution in [0.5, 0.6) is 5.75 Å². The molecule has 0 radical (unpaired) electrons. The number of amides is 1. The molecule has 2 aliphatic heterocycles. The Morgan fingerprint density at radius 1 is 1.30 bits per heavy atom. The Hall–Kier alpha value is -1.30. The van der Waals surface area contributed by atoms with E-state index in [-0.39, 0.29) is 11.3 Å². The van der Waals surface area contributed by atoms with Gasteiger partial charge in [0.05, 0.1) is 19.8 Å². The number of hydrogen-bond donors (Lipinski definition) is 0. The lowest BCUT2D eigenvalue weighted by Crippen LogP contribution is -2.51. The number of likely N-dealkylation sites (tertiary alicyclic amines) is 1. The molecule has 1 aromatic carbocycles. The number of halogens is 1. The van der Waals surface area contributed by atoms with E-state index in [1.165, 1.54) is 6.42 Å². The third-order valence-corrected chi connectivity index (χ3v) is 7.00. The van der Waals surface area contributed by atoms with E-state index in [4.69, 9.17) is 21.1 Å². The third-order valence-electron chi connectivity index (χ3n) is 6.57. The molecule has 0 spiro atoms. The van der Waals surface area contributed by atoms with Gasteiger partial charge in [0.1, 0.15) is 5.75 Å². The summed E-state index contributed by atoms with van der Waals surface area (Å²) in [5, 5.41) is 0.747. The molecule has 1 amide bonds. The number of benzene rings is 1. The van der Waals surface area contributed by atoms with E-state index >= 15 is 0 Å². The summed E-state index contributed by atoms with van der Waals surface area (Å²) in [5.41, 5.74) is 0.851. The molecule has 2 saturated heterocycles. The smallest absolute Gasteiger partial charge is 0.223 e. The minimum Gasteiger partial charge on any atom is -0.493 e. The highest BCUT2D eigenvalue weighted by Gasteiger charge is 2.39. The van der Waals surface area contributed by atoms with E-state index < -0.39 is 0 Å². The normalized spacial score (nSPS) is 23.9. The number of nitrogens with zero attached hydrogens (tertiary/aromatic N) is 2. The maximum absolute atomic E-state index is 13.1. The summed E-state index contributed by atoms with van der Waals surface area (Å²) >= 11 is 6.17. The minimum absolute atomic E-state index is 0.158. The second-order valence-corrected chi connectivity index (χ2v) is 9.63. The highest BCUT2D eigenvalue weighted by molar-refractivity contribution is 6.31. The van der Waals surface area contributed by atoms with Crippen molar-refractivity contribution in [1.82, 2.24) is 9.80 Å². The van der Waals surface area contributed by atoms with Crippen LogP contribution in [0.2, 0.25) is 5.02 Å². The van der Waals surface area contributed by atoms with Crippen molar-refractivity contribution in [3.05, 3.63) is 28.8 Å². The Morgan fingerprint density at radius 3 is 2.77 bits per heavy atom. The molecule has 30 heavy (non-hydrogen) atoms. The summed E-state index contributed by atoms with van der Waals surface area (Å²) < 4.78 is 11.7. The highest BCUT2D eigenvalue weighted by atomic mass is 35.5. The zero-order valence-electron chi connectivity index (χ0n) is 18.8. The maximum Gasteiger partial charge on any atom is 0.223 e. The molecular weight excluding hydrogens is 400 g/mol. The fraction of sp³-hybridized carbons (Fsp3) is 0.708. The average Bonchev–Trinajstić information content (AvgIpc) is 2.75. The van der Waals surface area contributed by atoms with Gasteiger partial charge in [0.2, 0.25) is 5.91 Å². The summed E-state index contributed by atoms with van der Waals surface area (Å²) in [6, 6.07) is 5.79. The number of aryl methyl sites for hydroxylation is 1. The topological polar surface area (TPSA) is 42.0 Å². The van der Waals surface area contributed by atoms with Gasteiger partial charge in [0, 0.05) is 43.0 Å². The predicted molar refractivity (Wildman–Crippen MR) is 121 cm³/mol. The van der Waals surface area contributed by atoms with E-state index in [1.807, 2.05) is 30.0 Å². The first-order chi connectivity index (χ1) is 14.4. The Labute approximate surface area is 186 Å². The Balaban J connectivity index is 1.72. The van der Waals surface area contributed by atoms with Crippen LogP contribution in [-0.2, 0) is 9.53 Å². The average molecular weight is 437 g/mol. The van der Waals surface area contributed by atoms with Gasteiger partial charge in [-0.2, -0.15) is 0 Å². The van der Waals surface area contributed by atoms with Crippen LogP contribution in [0.4, 0.5) is 0 Å². The lowest BCUT2D eigenvalue weighted by atomic mass is 9.77. The van der Waals surface area contributed by atoms with E-state index in [0.29, 0.717) is 45.2 Å². The van der Waals surface area contributed by atoms with Gasteiger partial charge in [0.15, 0.2) is 0 Å². The number of piperidine rings is 1. The number of ether oxygens (including phenoxy) is 2. The zero-order chi connectivity index (χ0) is 21.6. The van der Waals surface area contributed by atoms with Crippen LogP contribution in [0.3, 0.4) is 0 Å². The summed E-state index contributed by atoms with van der Waals surface area (Å²) in [5.74, 6) is 1.73. The van der Waals surface area contributed by atoms with Crippen LogP contribution < -0.4 is 4.74 Å². The molecular formula is C24H37ClN2O3. The van der Waals surface area contributed by atoms with Crippen LogP contribution >= 0.6 is 11.6 Å². The predicted octanol–water partition coefficient (Wildman–Crippen LogP) is 4.40. The number of morpholine rings is 1. The molecule has 0 unspecified atom stereocenters. The zero-order valence-corrected chi connectivity index (χ0v) is 19.5. The van der Waals surface area contributed by atoms with Crippen molar-refractivity contribution in [2.45, 2.75) is 46.5 Å². The SMILES string of the molecule is CC[C@H](C)CN1CCC[C@@](COc2ccc(Cl)c(C)c2)(CC(=O)N2CCOCC2)C1. The fourth-order valence-corrected chi connectivity index (χ4v) is 4.66. The molecule has 0 N–H and O–H groups in total. The van der Waals surface area contributed by atoms with Crippen molar-refractivity contribution in [2.75, 3.05) is 52.5 Å². The van der Waals surface area contributed by atoms with Gasteiger partial charge in [0.25, 0.3) is 0 Å². The van der Waals surface area contributed by atoms with Crippen LogP contribution in [0.1, 0.15) is 45.1 Å². The molecule has 2 heterocycles.